The average Bonchev–Trinajstić information content (AvgIpc) is 2.58. The van der Waals surface area contributed by atoms with Crippen LogP contribution in [0.25, 0.3) is 6.08 Å². The number of nitriles is 2. The van der Waals surface area contributed by atoms with Crippen molar-refractivity contribution >= 4 is 23.5 Å². The topological polar surface area (TPSA) is 124 Å². The molecule has 0 aliphatic carbocycles. The van der Waals surface area contributed by atoms with Crippen LogP contribution < -0.4 is 4.74 Å². The van der Waals surface area contributed by atoms with Gasteiger partial charge in [0, 0.05) is 5.71 Å². The average molecular weight is 325 g/mol. The van der Waals surface area contributed by atoms with E-state index < -0.39 is 24.3 Å². The number of rotatable bonds is 7. The minimum atomic E-state index is -1.26. The van der Waals surface area contributed by atoms with E-state index in [1.54, 1.807) is 36.4 Å². The number of nitrogens with zero attached hydrogens (tertiary/aromatic N) is 2. The lowest BCUT2D eigenvalue weighted by molar-refractivity contribution is -0.143. The van der Waals surface area contributed by atoms with Crippen molar-refractivity contribution < 1.29 is 19.1 Å². The summed E-state index contributed by atoms with van der Waals surface area (Å²) in [6.45, 7) is 0.646. The predicted molar refractivity (Wildman–Crippen MR) is 85.1 cm³/mol. The highest BCUT2D eigenvalue weighted by atomic mass is 16.5. The molecule has 0 aromatic heterocycles. The summed E-state index contributed by atoms with van der Waals surface area (Å²) in [5.41, 5.74) is 0.168. The van der Waals surface area contributed by atoms with E-state index in [1.807, 2.05) is 0 Å². The van der Waals surface area contributed by atoms with E-state index in [0.29, 0.717) is 11.3 Å². The summed E-state index contributed by atoms with van der Waals surface area (Å²) in [5, 5.41) is 25.2. The Labute approximate surface area is 139 Å². The second kappa shape index (κ2) is 8.86. The van der Waals surface area contributed by atoms with E-state index in [-0.39, 0.29) is 11.3 Å². The molecule has 24 heavy (non-hydrogen) atoms. The number of nitrogens with one attached hydrogen (secondary N) is 1. The zero-order chi connectivity index (χ0) is 18.1. The first kappa shape index (κ1) is 18.6. The Morgan fingerprint density at radius 1 is 1.29 bits per heavy atom. The lowest BCUT2D eigenvalue weighted by Gasteiger charge is -2.07. The molecule has 0 aliphatic rings. The van der Waals surface area contributed by atoms with Crippen molar-refractivity contribution in [2.75, 3.05) is 13.7 Å². The zero-order valence-electron chi connectivity index (χ0n) is 13.2. The van der Waals surface area contributed by atoms with Gasteiger partial charge >= 0.3 is 5.97 Å². The van der Waals surface area contributed by atoms with Gasteiger partial charge < -0.3 is 14.9 Å². The molecule has 1 aromatic carbocycles. The molecular weight excluding hydrogens is 310 g/mol. The fraction of sp³-hybridized carbons (Fsp3) is 0.235. The number of Topliss-reactive ketones (excluding diaryl/α,β-unsaturated/α-hetero) is 1. The first-order valence-electron chi connectivity index (χ1n) is 6.83. The van der Waals surface area contributed by atoms with E-state index in [4.69, 9.17) is 25.4 Å². The van der Waals surface area contributed by atoms with Crippen molar-refractivity contribution in [3.63, 3.8) is 0 Å². The number of carbonyl (C=O) groups is 2. The first-order chi connectivity index (χ1) is 11.4. The Balaban J connectivity index is 2.78. The fourth-order valence-electron chi connectivity index (χ4n) is 1.71. The number of hydrogen-bond donors (Lipinski definition) is 1. The summed E-state index contributed by atoms with van der Waals surface area (Å²) in [4.78, 5) is 23.6. The van der Waals surface area contributed by atoms with E-state index in [2.05, 4.69) is 0 Å². The smallest absolute Gasteiger partial charge is 0.349 e. The fourth-order valence-corrected chi connectivity index (χ4v) is 1.71. The maximum Gasteiger partial charge on any atom is 0.349 e. The van der Waals surface area contributed by atoms with Gasteiger partial charge in [0.25, 0.3) is 0 Å². The van der Waals surface area contributed by atoms with Crippen LogP contribution in [0.3, 0.4) is 0 Å². The lowest BCUT2D eigenvalue weighted by Crippen LogP contribution is -2.25. The molecule has 122 valence electrons. The van der Waals surface area contributed by atoms with Crippen LogP contribution in [0.5, 0.6) is 5.75 Å². The molecule has 1 N–H and O–H groups in total. The third-order valence-electron chi connectivity index (χ3n) is 3.00. The summed E-state index contributed by atoms with van der Waals surface area (Å²) in [6.07, 6.45) is 1.32. The lowest BCUT2D eigenvalue weighted by atomic mass is 10.0. The van der Waals surface area contributed by atoms with Gasteiger partial charge in [-0.15, -0.1) is 0 Å². The van der Waals surface area contributed by atoms with E-state index in [9.17, 15) is 9.59 Å². The molecule has 0 saturated heterocycles. The summed E-state index contributed by atoms with van der Waals surface area (Å²) in [6, 6.07) is 10.0. The maximum absolute atomic E-state index is 11.9. The van der Waals surface area contributed by atoms with Gasteiger partial charge in [-0.05, 0) is 30.7 Å². The maximum atomic E-state index is 11.9. The van der Waals surface area contributed by atoms with Crippen LogP contribution in [0.4, 0.5) is 0 Å². The third-order valence-corrected chi connectivity index (χ3v) is 3.00. The van der Waals surface area contributed by atoms with Gasteiger partial charge in [-0.25, -0.2) is 4.79 Å². The third kappa shape index (κ3) is 5.08. The van der Waals surface area contributed by atoms with Crippen LogP contribution in [-0.4, -0.2) is 31.2 Å². The van der Waals surface area contributed by atoms with Gasteiger partial charge in [-0.2, -0.15) is 10.5 Å². The first-order valence-corrected chi connectivity index (χ1v) is 6.83. The van der Waals surface area contributed by atoms with Gasteiger partial charge in [0.15, 0.2) is 12.4 Å². The molecule has 0 saturated carbocycles. The zero-order valence-corrected chi connectivity index (χ0v) is 13.2. The Bertz CT molecular complexity index is 752. The number of benzene rings is 1. The summed E-state index contributed by atoms with van der Waals surface area (Å²) < 4.78 is 9.76. The number of ether oxygens (including phenoxy) is 2. The van der Waals surface area contributed by atoms with Gasteiger partial charge in [0.05, 0.1) is 13.2 Å². The van der Waals surface area contributed by atoms with Crippen molar-refractivity contribution in [2.45, 2.75) is 6.92 Å². The minimum absolute atomic E-state index is 0.132. The van der Waals surface area contributed by atoms with Gasteiger partial charge in [0.1, 0.15) is 23.3 Å². The molecular formula is C17H15N3O4. The van der Waals surface area contributed by atoms with Crippen LogP contribution >= 0.6 is 0 Å². The molecule has 7 heteroatoms. The SMILES string of the molecule is COc1ccc(/C=C(\C#N)C(=O)OCC(=O)C(C#N)C(C)=N)cc1. The molecule has 0 fully saturated rings. The summed E-state index contributed by atoms with van der Waals surface area (Å²) >= 11 is 0. The molecule has 1 aromatic rings. The summed E-state index contributed by atoms with van der Waals surface area (Å²) in [7, 11) is 1.52. The van der Waals surface area contributed by atoms with Crippen molar-refractivity contribution in [3.05, 3.63) is 35.4 Å². The number of esters is 1. The molecule has 0 aliphatic heterocycles. The van der Waals surface area contributed by atoms with E-state index >= 15 is 0 Å². The van der Waals surface area contributed by atoms with Crippen LogP contribution in [0, 0.1) is 34.0 Å². The summed E-state index contributed by atoms with van der Waals surface area (Å²) in [5.74, 6) is -2.31. The molecule has 1 unspecified atom stereocenters. The van der Waals surface area contributed by atoms with E-state index in [1.165, 1.54) is 20.1 Å². The van der Waals surface area contributed by atoms with Gasteiger partial charge in [-0.1, -0.05) is 12.1 Å². The quantitative estimate of drug-likeness (QED) is 0.353. The number of hydrogen-bond acceptors (Lipinski definition) is 7. The Kier molecular flexibility index (Phi) is 6.87. The number of carbonyl (C=O) groups excluding carboxylic acids is 2. The second-order valence-corrected chi connectivity index (χ2v) is 4.73. The Morgan fingerprint density at radius 3 is 2.38 bits per heavy atom. The second-order valence-electron chi connectivity index (χ2n) is 4.73. The Morgan fingerprint density at radius 2 is 1.92 bits per heavy atom. The van der Waals surface area contributed by atoms with Crippen LogP contribution in [0.15, 0.2) is 29.8 Å². The van der Waals surface area contributed by atoms with Crippen molar-refractivity contribution in [3.8, 4) is 17.9 Å². The minimum Gasteiger partial charge on any atom is -0.497 e. The highest BCUT2D eigenvalue weighted by molar-refractivity contribution is 6.06. The van der Waals surface area contributed by atoms with Crippen LogP contribution in [-0.2, 0) is 14.3 Å². The standard InChI is InChI=1S/C17H15N3O4/c1-11(20)15(9-19)16(21)10-24-17(22)13(8-18)7-12-3-5-14(23-2)6-4-12/h3-7,15,20H,10H2,1-2H3/b13-7+,20-11?. The number of methoxy groups -OCH3 is 1. The molecule has 0 spiro atoms. The molecule has 0 bridgehead atoms. The highest BCUT2D eigenvalue weighted by Crippen LogP contribution is 2.14. The monoisotopic (exact) mass is 325 g/mol. The molecule has 0 amide bonds. The predicted octanol–water partition coefficient (Wildman–Crippen LogP) is 1.89. The highest BCUT2D eigenvalue weighted by Gasteiger charge is 2.22. The van der Waals surface area contributed by atoms with Gasteiger partial charge in [0.2, 0.25) is 0 Å². The molecule has 0 radical (unpaired) electrons. The molecule has 0 heterocycles. The largest absolute Gasteiger partial charge is 0.497 e. The normalized spacial score (nSPS) is 11.6. The van der Waals surface area contributed by atoms with E-state index in [0.717, 1.165) is 0 Å². The van der Waals surface area contributed by atoms with Crippen molar-refractivity contribution in [1.29, 1.82) is 15.9 Å². The van der Waals surface area contributed by atoms with Crippen LogP contribution in [0.2, 0.25) is 0 Å². The van der Waals surface area contributed by atoms with Crippen molar-refractivity contribution in [1.82, 2.24) is 0 Å². The molecule has 1 rings (SSSR count). The van der Waals surface area contributed by atoms with Crippen LogP contribution in [0.1, 0.15) is 12.5 Å². The molecule has 1 atom stereocenters. The van der Waals surface area contributed by atoms with Crippen molar-refractivity contribution in [2.24, 2.45) is 5.92 Å². The molecule has 7 nitrogen and oxygen atoms in total. The Hall–Kier alpha value is -3.45. The number of ketones is 1. The van der Waals surface area contributed by atoms with Gasteiger partial charge in [-0.3, -0.25) is 4.79 Å².